The highest BCUT2D eigenvalue weighted by Gasteiger charge is 2.24. The maximum atomic E-state index is 13.6. The third-order valence-corrected chi connectivity index (χ3v) is 2.80. The second-order valence-corrected chi connectivity index (χ2v) is 4.21. The molecule has 1 aliphatic rings. The van der Waals surface area contributed by atoms with E-state index in [0.29, 0.717) is 11.6 Å². The molecule has 2 rings (SSSR count). The number of hydrogen-bond donors (Lipinski definition) is 1. The fourth-order valence-electron chi connectivity index (χ4n) is 1.55. The van der Waals surface area contributed by atoms with E-state index >= 15 is 0 Å². The van der Waals surface area contributed by atoms with Crippen molar-refractivity contribution < 1.29 is 4.39 Å². The van der Waals surface area contributed by atoms with Gasteiger partial charge in [-0.1, -0.05) is 23.7 Å². The van der Waals surface area contributed by atoms with Crippen LogP contribution < -0.4 is 5.32 Å². The van der Waals surface area contributed by atoms with Gasteiger partial charge in [0, 0.05) is 17.6 Å². The Morgan fingerprint density at radius 3 is 2.86 bits per heavy atom. The van der Waals surface area contributed by atoms with E-state index in [1.807, 2.05) is 6.92 Å². The zero-order valence-corrected chi connectivity index (χ0v) is 8.81. The predicted octanol–water partition coefficient (Wildman–Crippen LogP) is 3.29. The van der Waals surface area contributed by atoms with Crippen molar-refractivity contribution in [1.29, 1.82) is 0 Å². The lowest BCUT2D eigenvalue weighted by atomic mass is 10.1. The minimum Gasteiger partial charge on any atom is -0.307 e. The highest BCUT2D eigenvalue weighted by molar-refractivity contribution is 6.30. The summed E-state index contributed by atoms with van der Waals surface area (Å²) in [4.78, 5) is 0. The average molecular weight is 214 g/mol. The fourth-order valence-corrected chi connectivity index (χ4v) is 1.73. The van der Waals surface area contributed by atoms with Crippen molar-refractivity contribution in [2.24, 2.45) is 0 Å². The minimum atomic E-state index is -0.296. The van der Waals surface area contributed by atoms with E-state index in [9.17, 15) is 4.39 Å². The largest absolute Gasteiger partial charge is 0.307 e. The molecule has 1 aliphatic carbocycles. The molecular formula is C11H13ClFN. The summed E-state index contributed by atoms with van der Waals surface area (Å²) in [5.41, 5.74) is 0.657. The minimum absolute atomic E-state index is 0.0428. The van der Waals surface area contributed by atoms with Crippen molar-refractivity contribution >= 4 is 11.6 Å². The molecule has 1 unspecified atom stereocenters. The van der Waals surface area contributed by atoms with Crippen LogP contribution in [0.4, 0.5) is 4.39 Å². The van der Waals surface area contributed by atoms with Gasteiger partial charge in [0.2, 0.25) is 0 Å². The maximum Gasteiger partial charge on any atom is 0.146 e. The fraction of sp³-hybridized carbons (Fsp3) is 0.455. The third kappa shape index (κ3) is 2.07. The number of hydrogen-bond acceptors (Lipinski definition) is 1. The van der Waals surface area contributed by atoms with E-state index in [-0.39, 0.29) is 16.9 Å². The first-order valence-electron chi connectivity index (χ1n) is 4.88. The summed E-state index contributed by atoms with van der Waals surface area (Å²) in [5, 5.41) is 3.54. The molecular weight excluding hydrogens is 201 g/mol. The number of benzene rings is 1. The zero-order valence-electron chi connectivity index (χ0n) is 8.06. The molecule has 0 aliphatic heterocycles. The van der Waals surface area contributed by atoms with Crippen LogP contribution >= 0.6 is 11.6 Å². The molecule has 1 saturated carbocycles. The Kier molecular flexibility index (Phi) is 2.75. The van der Waals surface area contributed by atoms with Gasteiger partial charge < -0.3 is 5.32 Å². The van der Waals surface area contributed by atoms with Crippen molar-refractivity contribution in [3.05, 3.63) is 34.6 Å². The van der Waals surface area contributed by atoms with Crippen molar-refractivity contribution in [1.82, 2.24) is 5.32 Å². The summed E-state index contributed by atoms with van der Waals surface area (Å²) >= 11 is 5.71. The number of rotatable bonds is 3. The van der Waals surface area contributed by atoms with E-state index < -0.39 is 0 Å². The summed E-state index contributed by atoms with van der Waals surface area (Å²) in [6.45, 7) is 1.97. The molecule has 1 N–H and O–H groups in total. The molecule has 0 spiro atoms. The molecule has 1 aromatic carbocycles. The molecule has 0 aromatic heterocycles. The lowest BCUT2D eigenvalue weighted by Crippen LogP contribution is -2.21. The molecule has 14 heavy (non-hydrogen) atoms. The van der Waals surface area contributed by atoms with Crippen LogP contribution in [0.15, 0.2) is 18.2 Å². The van der Waals surface area contributed by atoms with Gasteiger partial charge in [0.05, 0.1) is 5.02 Å². The first-order valence-corrected chi connectivity index (χ1v) is 5.26. The van der Waals surface area contributed by atoms with Crippen LogP contribution in [0.5, 0.6) is 0 Å². The lowest BCUT2D eigenvalue weighted by molar-refractivity contribution is 0.526. The summed E-state index contributed by atoms with van der Waals surface area (Å²) in [6, 6.07) is 5.75. The molecule has 1 fully saturated rings. The van der Waals surface area contributed by atoms with Gasteiger partial charge in [-0.15, -0.1) is 0 Å². The van der Waals surface area contributed by atoms with Crippen LogP contribution in [-0.4, -0.2) is 6.04 Å². The number of nitrogens with one attached hydrogen (secondary N) is 1. The Morgan fingerprint density at radius 2 is 2.21 bits per heavy atom. The Balaban J connectivity index is 2.16. The van der Waals surface area contributed by atoms with E-state index in [2.05, 4.69) is 5.32 Å². The average Bonchev–Trinajstić information content (AvgIpc) is 2.93. The van der Waals surface area contributed by atoms with Gasteiger partial charge in [0.25, 0.3) is 0 Å². The van der Waals surface area contributed by atoms with Crippen LogP contribution in [-0.2, 0) is 0 Å². The normalized spacial score (nSPS) is 18.2. The van der Waals surface area contributed by atoms with Gasteiger partial charge in [0.1, 0.15) is 5.82 Å². The van der Waals surface area contributed by atoms with Gasteiger partial charge in [0.15, 0.2) is 0 Å². The maximum absolute atomic E-state index is 13.6. The Labute approximate surface area is 88.3 Å². The van der Waals surface area contributed by atoms with Gasteiger partial charge in [-0.2, -0.15) is 0 Å². The molecule has 0 amide bonds. The summed E-state index contributed by atoms with van der Waals surface area (Å²) in [6.07, 6.45) is 2.40. The van der Waals surface area contributed by atoms with Gasteiger partial charge in [-0.25, -0.2) is 4.39 Å². The Hall–Kier alpha value is -0.600. The van der Waals surface area contributed by atoms with Crippen LogP contribution in [0, 0.1) is 5.82 Å². The van der Waals surface area contributed by atoms with Crippen LogP contribution in [0.25, 0.3) is 0 Å². The van der Waals surface area contributed by atoms with E-state index in [1.54, 1.807) is 18.2 Å². The summed E-state index contributed by atoms with van der Waals surface area (Å²) < 4.78 is 13.6. The highest BCUT2D eigenvalue weighted by atomic mass is 35.5. The first kappa shape index (κ1) is 9.94. The van der Waals surface area contributed by atoms with E-state index in [1.165, 1.54) is 12.8 Å². The number of halogens is 2. The topological polar surface area (TPSA) is 12.0 Å². The van der Waals surface area contributed by atoms with Crippen LogP contribution in [0.2, 0.25) is 5.02 Å². The van der Waals surface area contributed by atoms with Crippen molar-refractivity contribution in [2.75, 3.05) is 0 Å². The quantitative estimate of drug-likeness (QED) is 0.813. The third-order valence-electron chi connectivity index (χ3n) is 2.51. The summed E-state index contributed by atoms with van der Waals surface area (Å²) in [7, 11) is 0. The molecule has 3 heteroatoms. The smallest absolute Gasteiger partial charge is 0.146 e. The van der Waals surface area contributed by atoms with Crippen LogP contribution in [0.3, 0.4) is 0 Å². The SMILES string of the molecule is CC(NC1CC1)c1cccc(Cl)c1F. The summed E-state index contributed by atoms with van der Waals surface area (Å²) in [5.74, 6) is -0.296. The van der Waals surface area contributed by atoms with Crippen LogP contribution in [0.1, 0.15) is 31.4 Å². The standard InChI is InChI=1S/C11H13ClFN/c1-7(14-8-5-6-8)9-3-2-4-10(12)11(9)13/h2-4,7-8,14H,5-6H2,1H3. The lowest BCUT2D eigenvalue weighted by Gasteiger charge is -2.14. The molecule has 1 nitrogen and oxygen atoms in total. The second kappa shape index (κ2) is 3.87. The molecule has 0 radical (unpaired) electrons. The predicted molar refractivity (Wildman–Crippen MR) is 56.0 cm³/mol. The van der Waals surface area contributed by atoms with Crippen molar-refractivity contribution in [3.63, 3.8) is 0 Å². The molecule has 0 bridgehead atoms. The zero-order chi connectivity index (χ0) is 10.1. The molecule has 1 aromatic rings. The van der Waals surface area contributed by atoms with E-state index in [4.69, 9.17) is 11.6 Å². The second-order valence-electron chi connectivity index (χ2n) is 3.81. The van der Waals surface area contributed by atoms with Crippen molar-refractivity contribution in [2.45, 2.75) is 31.8 Å². The Morgan fingerprint density at radius 1 is 1.50 bits per heavy atom. The van der Waals surface area contributed by atoms with E-state index in [0.717, 1.165) is 0 Å². The van der Waals surface area contributed by atoms with Gasteiger partial charge >= 0.3 is 0 Å². The highest BCUT2D eigenvalue weighted by Crippen LogP contribution is 2.27. The molecule has 76 valence electrons. The van der Waals surface area contributed by atoms with Crippen molar-refractivity contribution in [3.8, 4) is 0 Å². The van der Waals surface area contributed by atoms with Gasteiger partial charge in [-0.3, -0.25) is 0 Å². The monoisotopic (exact) mass is 213 g/mol. The Bertz CT molecular complexity index is 336. The molecule has 0 saturated heterocycles. The van der Waals surface area contributed by atoms with Gasteiger partial charge in [-0.05, 0) is 25.8 Å². The molecule has 0 heterocycles. The molecule has 1 atom stereocenters. The first-order chi connectivity index (χ1) is 6.68.